The first-order valence-electron chi connectivity index (χ1n) is 8.58. The van der Waals surface area contributed by atoms with Gasteiger partial charge in [0.25, 0.3) is 0 Å². The largest absolute Gasteiger partial charge is 0.371 e. The summed E-state index contributed by atoms with van der Waals surface area (Å²) in [7, 11) is 0. The third-order valence-electron chi connectivity index (χ3n) is 4.83. The predicted molar refractivity (Wildman–Crippen MR) is 97.8 cm³/mol. The molecule has 4 N–H and O–H groups in total. The fraction of sp³-hybridized carbons (Fsp3) is 0.350. The molecular formula is C20H25N3O. The van der Waals surface area contributed by atoms with Crippen LogP contribution in [0.25, 0.3) is 0 Å². The first-order chi connectivity index (χ1) is 11.7. The summed E-state index contributed by atoms with van der Waals surface area (Å²) in [6.07, 6.45) is 3.41. The highest BCUT2D eigenvalue weighted by atomic mass is 16.1. The van der Waals surface area contributed by atoms with E-state index in [0.717, 1.165) is 25.1 Å². The lowest BCUT2D eigenvalue weighted by atomic mass is 9.81. The SMILES string of the molecule is NC(=O)C1(Nc2ccccc2)CCNC(CCc2ccccc2)C1. The van der Waals surface area contributed by atoms with Crippen LogP contribution in [0.5, 0.6) is 0 Å². The Bertz CT molecular complexity index is 659. The van der Waals surface area contributed by atoms with E-state index in [1.165, 1.54) is 5.56 Å². The summed E-state index contributed by atoms with van der Waals surface area (Å²) in [6, 6.07) is 20.6. The molecule has 4 nitrogen and oxygen atoms in total. The van der Waals surface area contributed by atoms with Crippen molar-refractivity contribution in [3.63, 3.8) is 0 Å². The molecule has 2 aromatic rings. The molecule has 1 aliphatic heterocycles. The van der Waals surface area contributed by atoms with E-state index >= 15 is 0 Å². The number of carbonyl (C=O) groups excluding carboxylic acids is 1. The van der Waals surface area contributed by atoms with Crippen molar-refractivity contribution in [2.24, 2.45) is 5.73 Å². The molecule has 2 unspecified atom stereocenters. The summed E-state index contributed by atoms with van der Waals surface area (Å²) >= 11 is 0. The van der Waals surface area contributed by atoms with Crippen LogP contribution in [0, 0.1) is 0 Å². The van der Waals surface area contributed by atoms with Gasteiger partial charge in [0, 0.05) is 11.7 Å². The van der Waals surface area contributed by atoms with Gasteiger partial charge in [-0.05, 0) is 49.9 Å². The van der Waals surface area contributed by atoms with Crippen LogP contribution >= 0.6 is 0 Å². The zero-order chi connectivity index (χ0) is 16.8. The fourth-order valence-electron chi connectivity index (χ4n) is 3.47. The lowest BCUT2D eigenvalue weighted by Gasteiger charge is -2.40. The molecular weight excluding hydrogens is 298 g/mol. The molecule has 0 saturated carbocycles. The first kappa shape index (κ1) is 16.5. The van der Waals surface area contributed by atoms with Gasteiger partial charge in [-0.2, -0.15) is 0 Å². The van der Waals surface area contributed by atoms with E-state index in [4.69, 9.17) is 5.73 Å². The predicted octanol–water partition coefficient (Wildman–Crippen LogP) is 2.71. The van der Waals surface area contributed by atoms with E-state index in [9.17, 15) is 4.79 Å². The van der Waals surface area contributed by atoms with Crippen molar-refractivity contribution in [3.05, 3.63) is 66.2 Å². The summed E-state index contributed by atoms with van der Waals surface area (Å²) in [6.45, 7) is 0.794. The van der Waals surface area contributed by atoms with Crippen molar-refractivity contribution in [3.8, 4) is 0 Å². The van der Waals surface area contributed by atoms with Crippen LogP contribution in [0.1, 0.15) is 24.8 Å². The second kappa shape index (κ2) is 7.49. The van der Waals surface area contributed by atoms with Crippen LogP contribution in [0.2, 0.25) is 0 Å². The monoisotopic (exact) mass is 323 g/mol. The molecule has 24 heavy (non-hydrogen) atoms. The molecule has 1 amide bonds. The summed E-state index contributed by atoms with van der Waals surface area (Å²) in [5, 5.41) is 6.94. The van der Waals surface area contributed by atoms with Crippen molar-refractivity contribution in [2.45, 2.75) is 37.3 Å². The number of aryl methyl sites for hydroxylation is 1. The Morgan fingerprint density at radius 3 is 2.46 bits per heavy atom. The minimum Gasteiger partial charge on any atom is -0.371 e. The van der Waals surface area contributed by atoms with Crippen molar-refractivity contribution < 1.29 is 4.79 Å². The molecule has 3 rings (SSSR count). The quantitative estimate of drug-likeness (QED) is 0.766. The van der Waals surface area contributed by atoms with Gasteiger partial charge >= 0.3 is 0 Å². The summed E-state index contributed by atoms with van der Waals surface area (Å²) < 4.78 is 0. The van der Waals surface area contributed by atoms with E-state index in [0.29, 0.717) is 12.8 Å². The normalized spacial score (nSPS) is 23.6. The molecule has 1 fully saturated rings. The number of carbonyl (C=O) groups is 1. The third-order valence-corrected chi connectivity index (χ3v) is 4.83. The number of benzene rings is 2. The number of hydrogen-bond acceptors (Lipinski definition) is 3. The Kier molecular flexibility index (Phi) is 5.16. The maximum absolute atomic E-state index is 12.2. The molecule has 1 aliphatic rings. The minimum atomic E-state index is -0.673. The molecule has 4 heteroatoms. The van der Waals surface area contributed by atoms with Crippen LogP contribution < -0.4 is 16.4 Å². The molecule has 1 saturated heterocycles. The molecule has 2 atom stereocenters. The highest BCUT2D eigenvalue weighted by Gasteiger charge is 2.41. The van der Waals surface area contributed by atoms with E-state index in [1.807, 2.05) is 36.4 Å². The van der Waals surface area contributed by atoms with Gasteiger partial charge in [0.05, 0.1) is 0 Å². The Hall–Kier alpha value is -2.33. The topological polar surface area (TPSA) is 67.2 Å². The van der Waals surface area contributed by atoms with Crippen molar-refractivity contribution >= 4 is 11.6 Å². The average Bonchev–Trinajstić information content (AvgIpc) is 2.62. The fourth-order valence-corrected chi connectivity index (χ4v) is 3.47. The van der Waals surface area contributed by atoms with Gasteiger partial charge in [-0.25, -0.2) is 0 Å². The number of anilines is 1. The number of primary amides is 1. The molecule has 0 aliphatic carbocycles. The summed E-state index contributed by atoms with van der Waals surface area (Å²) in [5.74, 6) is -0.266. The maximum Gasteiger partial charge on any atom is 0.243 e. The summed E-state index contributed by atoms with van der Waals surface area (Å²) in [5.41, 5.74) is 7.39. The first-order valence-corrected chi connectivity index (χ1v) is 8.58. The number of para-hydroxylation sites is 1. The van der Waals surface area contributed by atoms with Gasteiger partial charge in [-0.15, -0.1) is 0 Å². The van der Waals surface area contributed by atoms with Crippen LogP contribution in [0.4, 0.5) is 5.69 Å². The van der Waals surface area contributed by atoms with Crippen molar-refractivity contribution in [1.29, 1.82) is 0 Å². The zero-order valence-corrected chi connectivity index (χ0v) is 13.9. The number of piperidine rings is 1. The third kappa shape index (κ3) is 3.95. The zero-order valence-electron chi connectivity index (χ0n) is 13.9. The van der Waals surface area contributed by atoms with Gasteiger partial charge in [0.1, 0.15) is 5.54 Å². The minimum absolute atomic E-state index is 0.266. The van der Waals surface area contributed by atoms with E-state index in [-0.39, 0.29) is 11.9 Å². The molecule has 126 valence electrons. The maximum atomic E-state index is 12.2. The van der Waals surface area contributed by atoms with Gasteiger partial charge in [-0.1, -0.05) is 48.5 Å². The van der Waals surface area contributed by atoms with E-state index in [1.54, 1.807) is 0 Å². The molecule has 0 aromatic heterocycles. The Balaban J connectivity index is 1.67. The average molecular weight is 323 g/mol. The Morgan fingerprint density at radius 1 is 1.12 bits per heavy atom. The van der Waals surface area contributed by atoms with Gasteiger partial charge in [0.2, 0.25) is 5.91 Å². The number of nitrogens with two attached hydrogens (primary N) is 1. The number of rotatable bonds is 6. The van der Waals surface area contributed by atoms with Crippen LogP contribution in [0.15, 0.2) is 60.7 Å². The highest BCUT2D eigenvalue weighted by Crippen LogP contribution is 2.28. The Morgan fingerprint density at radius 2 is 1.79 bits per heavy atom. The number of hydrogen-bond donors (Lipinski definition) is 3. The van der Waals surface area contributed by atoms with Gasteiger partial charge < -0.3 is 16.4 Å². The lowest BCUT2D eigenvalue weighted by molar-refractivity contribution is -0.123. The summed E-state index contributed by atoms with van der Waals surface area (Å²) in [4.78, 5) is 12.2. The molecule has 0 radical (unpaired) electrons. The van der Waals surface area contributed by atoms with E-state index < -0.39 is 5.54 Å². The van der Waals surface area contributed by atoms with Crippen LogP contribution in [-0.2, 0) is 11.2 Å². The van der Waals surface area contributed by atoms with Crippen LogP contribution in [0.3, 0.4) is 0 Å². The smallest absolute Gasteiger partial charge is 0.243 e. The molecule has 0 spiro atoms. The molecule has 1 heterocycles. The van der Waals surface area contributed by atoms with Crippen LogP contribution in [-0.4, -0.2) is 24.0 Å². The van der Waals surface area contributed by atoms with Crippen molar-refractivity contribution in [1.82, 2.24) is 5.32 Å². The number of amides is 1. The lowest BCUT2D eigenvalue weighted by Crippen LogP contribution is -2.59. The van der Waals surface area contributed by atoms with Gasteiger partial charge in [-0.3, -0.25) is 4.79 Å². The number of nitrogens with one attached hydrogen (secondary N) is 2. The standard InChI is InChI=1S/C20H25N3O/c21-19(24)20(23-17-9-5-2-6-10-17)13-14-22-18(15-20)12-11-16-7-3-1-4-8-16/h1-10,18,22-23H,11-15H2,(H2,21,24). The van der Waals surface area contributed by atoms with E-state index in [2.05, 4.69) is 34.9 Å². The van der Waals surface area contributed by atoms with Crippen molar-refractivity contribution in [2.75, 3.05) is 11.9 Å². The highest BCUT2D eigenvalue weighted by molar-refractivity contribution is 5.88. The second-order valence-electron chi connectivity index (χ2n) is 6.57. The molecule has 2 aromatic carbocycles. The Labute approximate surface area is 143 Å². The second-order valence-corrected chi connectivity index (χ2v) is 6.57. The molecule has 0 bridgehead atoms. The van der Waals surface area contributed by atoms with Gasteiger partial charge in [0.15, 0.2) is 0 Å².